The van der Waals surface area contributed by atoms with E-state index in [4.69, 9.17) is 0 Å². The van der Waals surface area contributed by atoms with E-state index in [1.54, 1.807) is 0 Å². The zero-order valence-electron chi connectivity index (χ0n) is 4.43. The summed E-state index contributed by atoms with van der Waals surface area (Å²) >= 11 is 1.96. The molecule has 0 radical (unpaired) electrons. The van der Waals surface area contributed by atoms with Crippen LogP contribution in [0, 0.1) is 0 Å². The van der Waals surface area contributed by atoms with Gasteiger partial charge >= 0.3 is 4.83 Å². The number of hydrogen-bond acceptors (Lipinski definition) is 1. The molecule has 0 aromatic rings. The smallest absolute Gasteiger partial charge is 0.310 e. The Hall–Kier alpha value is 0.230. The Morgan fingerprint density at radius 2 is 1.89 bits per heavy atom. The largest absolute Gasteiger partial charge is 0.337 e. The molecule has 9 heavy (non-hydrogen) atoms. The van der Waals surface area contributed by atoms with Gasteiger partial charge in [-0.2, -0.15) is 8.78 Å². The molecule has 0 saturated carbocycles. The average Bonchev–Trinajstić information content (AvgIpc) is 1.57. The summed E-state index contributed by atoms with van der Waals surface area (Å²) in [7, 11) is 0. The molecule has 5 heteroatoms. The maximum Gasteiger partial charge on any atom is 0.337 e. The monoisotopic (exact) mass is 203 g/mol. The predicted molar refractivity (Wildman–Crippen MR) is 30.6 cm³/mol. The van der Waals surface area contributed by atoms with Gasteiger partial charge in [0.25, 0.3) is 0 Å². The van der Waals surface area contributed by atoms with Crippen LogP contribution in [0.2, 0.25) is 0 Å². The summed E-state index contributed by atoms with van der Waals surface area (Å²) in [6, 6.07) is 0. The van der Waals surface area contributed by atoms with Crippen molar-refractivity contribution in [2.24, 2.45) is 0 Å². The van der Waals surface area contributed by atoms with Gasteiger partial charge in [-0.25, -0.2) is 4.39 Å². The van der Waals surface area contributed by atoms with E-state index in [2.05, 4.69) is 5.32 Å². The van der Waals surface area contributed by atoms with Crippen LogP contribution in [-0.2, 0) is 0 Å². The second-order valence-corrected chi connectivity index (χ2v) is 3.06. The Morgan fingerprint density at radius 3 is 1.89 bits per heavy atom. The van der Waals surface area contributed by atoms with Crippen molar-refractivity contribution in [1.29, 1.82) is 0 Å². The topological polar surface area (TPSA) is 12.0 Å². The van der Waals surface area contributed by atoms with Crippen molar-refractivity contribution in [2.75, 3.05) is 13.1 Å². The number of hydrogen-bond donors (Lipinski definition) is 1. The van der Waals surface area contributed by atoms with Crippen LogP contribution in [0.15, 0.2) is 0 Å². The summed E-state index contributed by atoms with van der Waals surface area (Å²) in [5.74, 6) is 0. The van der Waals surface area contributed by atoms with Gasteiger partial charge in [0.1, 0.15) is 0 Å². The molecule has 0 aliphatic carbocycles. The van der Waals surface area contributed by atoms with Crippen molar-refractivity contribution in [1.82, 2.24) is 5.32 Å². The molecular formula is C4H5BrF3N. The van der Waals surface area contributed by atoms with E-state index in [9.17, 15) is 13.2 Å². The van der Waals surface area contributed by atoms with Gasteiger partial charge < -0.3 is 5.32 Å². The van der Waals surface area contributed by atoms with Crippen LogP contribution in [0.1, 0.15) is 0 Å². The lowest BCUT2D eigenvalue weighted by Gasteiger charge is -2.37. The van der Waals surface area contributed by atoms with Gasteiger partial charge in [0, 0.05) is 13.1 Å². The zero-order chi connectivity index (χ0) is 7.12. The Bertz CT molecular complexity index is 117. The number of alkyl halides is 4. The molecule has 1 aliphatic rings. The summed E-state index contributed by atoms with van der Waals surface area (Å²) in [6.07, 6.45) is 0. The minimum atomic E-state index is -3.38. The van der Waals surface area contributed by atoms with Gasteiger partial charge in [-0.3, -0.25) is 0 Å². The first kappa shape index (κ1) is 7.34. The highest BCUT2D eigenvalue weighted by Gasteiger charge is 2.57. The zero-order valence-corrected chi connectivity index (χ0v) is 6.01. The minimum Gasteiger partial charge on any atom is -0.310 e. The van der Waals surface area contributed by atoms with Crippen LogP contribution in [0.3, 0.4) is 0 Å². The fourth-order valence-electron chi connectivity index (χ4n) is 0.545. The summed E-state index contributed by atoms with van der Waals surface area (Å²) in [4.78, 5) is -3.38. The Balaban J connectivity index is 2.59. The molecule has 1 saturated heterocycles. The van der Waals surface area contributed by atoms with E-state index in [-0.39, 0.29) is 13.1 Å². The summed E-state index contributed by atoms with van der Waals surface area (Å²) in [6.45, 7) is -0.545. The van der Waals surface area contributed by atoms with Gasteiger partial charge in [0.2, 0.25) is 5.67 Å². The van der Waals surface area contributed by atoms with E-state index in [0.29, 0.717) is 0 Å². The van der Waals surface area contributed by atoms with Crippen molar-refractivity contribution < 1.29 is 13.2 Å². The SMILES string of the molecule is FC(F)(Br)C1(F)CNC1. The molecule has 0 bridgehead atoms. The van der Waals surface area contributed by atoms with Crippen LogP contribution >= 0.6 is 15.9 Å². The van der Waals surface area contributed by atoms with Crippen LogP contribution in [0.25, 0.3) is 0 Å². The Labute approximate surface area is 58.7 Å². The molecule has 0 unspecified atom stereocenters. The molecule has 54 valence electrons. The van der Waals surface area contributed by atoms with Crippen molar-refractivity contribution >= 4 is 15.9 Å². The molecule has 0 amide bonds. The van der Waals surface area contributed by atoms with Crippen molar-refractivity contribution in [3.8, 4) is 0 Å². The molecule has 0 atom stereocenters. The molecule has 1 fully saturated rings. The van der Waals surface area contributed by atoms with Crippen LogP contribution in [-0.4, -0.2) is 23.6 Å². The molecule has 1 N–H and O–H groups in total. The van der Waals surface area contributed by atoms with Crippen molar-refractivity contribution in [2.45, 2.75) is 10.5 Å². The van der Waals surface area contributed by atoms with Gasteiger partial charge in [-0.1, -0.05) is 0 Å². The van der Waals surface area contributed by atoms with Gasteiger partial charge in [-0.15, -0.1) is 0 Å². The quantitative estimate of drug-likeness (QED) is 0.634. The maximum atomic E-state index is 12.6. The van der Waals surface area contributed by atoms with E-state index in [0.717, 1.165) is 0 Å². The van der Waals surface area contributed by atoms with Gasteiger partial charge in [-0.05, 0) is 15.9 Å². The highest BCUT2D eigenvalue weighted by molar-refractivity contribution is 9.10. The lowest BCUT2D eigenvalue weighted by atomic mass is 10.0. The van der Waals surface area contributed by atoms with E-state index < -0.39 is 10.5 Å². The molecular weight excluding hydrogens is 199 g/mol. The first-order valence-corrected chi connectivity index (χ1v) is 3.21. The summed E-state index contributed by atoms with van der Waals surface area (Å²) in [5.41, 5.74) is -2.37. The maximum absolute atomic E-state index is 12.6. The Morgan fingerprint density at radius 1 is 1.44 bits per heavy atom. The van der Waals surface area contributed by atoms with Crippen LogP contribution < -0.4 is 5.32 Å². The second-order valence-electron chi connectivity index (χ2n) is 2.07. The van der Waals surface area contributed by atoms with Gasteiger partial charge in [0.15, 0.2) is 0 Å². The van der Waals surface area contributed by atoms with Crippen LogP contribution in [0.4, 0.5) is 13.2 Å². The third kappa shape index (κ3) is 1.08. The third-order valence-corrected chi connectivity index (χ3v) is 2.03. The van der Waals surface area contributed by atoms with Gasteiger partial charge in [0.05, 0.1) is 0 Å². The standard InChI is InChI=1S/C4H5BrF3N/c5-4(7,8)3(6)1-9-2-3/h9H,1-2H2. The first-order valence-electron chi connectivity index (χ1n) is 2.42. The summed E-state index contributed by atoms with van der Waals surface area (Å²) < 4.78 is 36.7. The molecule has 0 aromatic heterocycles. The van der Waals surface area contributed by atoms with E-state index in [1.165, 1.54) is 0 Å². The molecule has 0 aromatic carbocycles. The molecule has 1 rings (SSSR count). The number of rotatable bonds is 1. The number of halogens is 4. The predicted octanol–water partition coefficient (Wildman–Crippen LogP) is 1.29. The van der Waals surface area contributed by atoms with Crippen LogP contribution in [0.5, 0.6) is 0 Å². The molecule has 1 nitrogen and oxygen atoms in total. The fraction of sp³-hybridized carbons (Fsp3) is 1.00. The first-order chi connectivity index (χ1) is 3.96. The fourth-order valence-corrected chi connectivity index (χ4v) is 0.825. The molecule has 1 aliphatic heterocycles. The summed E-state index contributed by atoms with van der Waals surface area (Å²) in [5, 5.41) is 2.42. The second kappa shape index (κ2) is 1.85. The highest BCUT2D eigenvalue weighted by atomic mass is 79.9. The van der Waals surface area contributed by atoms with E-state index in [1.807, 2.05) is 15.9 Å². The molecule has 1 heterocycles. The Kier molecular flexibility index (Phi) is 1.51. The third-order valence-electron chi connectivity index (χ3n) is 1.32. The van der Waals surface area contributed by atoms with Crippen molar-refractivity contribution in [3.63, 3.8) is 0 Å². The lowest BCUT2D eigenvalue weighted by Crippen LogP contribution is -2.64. The average molecular weight is 204 g/mol. The normalized spacial score (nSPS) is 25.3. The molecule has 0 spiro atoms. The van der Waals surface area contributed by atoms with E-state index >= 15 is 0 Å². The van der Waals surface area contributed by atoms with Crippen molar-refractivity contribution in [3.05, 3.63) is 0 Å². The lowest BCUT2D eigenvalue weighted by molar-refractivity contribution is -0.0879. The highest BCUT2D eigenvalue weighted by Crippen LogP contribution is 2.40. The minimum absolute atomic E-state index is 0.273. The number of nitrogens with one attached hydrogen (secondary N) is 1.